The van der Waals surface area contributed by atoms with Crippen LogP contribution in [-0.4, -0.2) is 28.6 Å². The molecule has 0 unspecified atom stereocenters. The second-order valence-corrected chi connectivity index (χ2v) is 3.50. The number of rotatable bonds is 5. The van der Waals surface area contributed by atoms with Gasteiger partial charge in [0.25, 0.3) is 0 Å². The Hall–Kier alpha value is -1.88. The quantitative estimate of drug-likeness (QED) is 0.778. The molecule has 0 aliphatic rings. The van der Waals surface area contributed by atoms with Crippen molar-refractivity contribution in [1.82, 2.24) is 9.38 Å². The minimum Gasteiger partial charge on any atom is -0.464 e. The zero-order valence-corrected chi connectivity index (χ0v) is 11.6. The number of aromatic nitrogens is 2. The van der Waals surface area contributed by atoms with Gasteiger partial charge in [0.15, 0.2) is 0 Å². The van der Waals surface area contributed by atoms with Crippen LogP contribution < -0.4 is 0 Å². The van der Waals surface area contributed by atoms with E-state index >= 15 is 0 Å². The van der Waals surface area contributed by atoms with Crippen molar-refractivity contribution in [2.45, 2.75) is 27.4 Å². The number of ether oxygens (including phenoxy) is 2. The van der Waals surface area contributed by atoms with Crippen molar-refractivity contribution in [2.75, 3.05) is 13.2 Å². The third kappa shape index (κ3) is 4.71. The van der Waals surface area contributed by atoms with E-state index in [1.807, 2.05) is 48.8 Å². The van der Waals surface area contributed by atoms with E-state index in [0.717, 1.165) is 11.3 Å². The van der Waals surface area contributed by atoms with Crippen LogP contribution >= 0.6 is 0 Å². The van der Waals surface area contributed by atoms with E-state index in [9.17, 15) is 4.79 Å². The topological polar surface area (TPSA) is 52.8 Å². The molecule has 2 heterocycles. The van der Waals surface area contributed by atoms with Gasteiger partial charge in [0, 0.05) is 12.4 Å². The molecular formula is C14H20N2O3. The lowest BCUT2D eigenvalue weighted by atomic mass is 10.5. The first-order valence-corrected chi connectivity index (χ1v) is 6.45. The first kappa shape index (κ1) is 15.2. The Morgan fingerprint density at radius 2 is 2.16 bits per heavy atom. The largest absolute Gasteiger partial charge is 0.464 e. The van der Waals surface area contributed by atoms with Crippen LogP contribution in [0, 0.1) is 0 Å². The summed E-state index contributed by atoms with van der Waals surface area (Å²) in [5.41, 5.74) is 1.66. The van der Waals surface area contributed by atoms with E-state index in [1.165, 1.54) is 0 Å². The number of pyridine rings is 1. The molecule has 0 saturated heterocycles. The van der Waals surface area contributed by atoms with Gasteiger partial charge in [-0.25, -0.2) is 9.78 Å². The maximum atomic E-state index is 11.0. The van der Waals surface area contributed by atoms with Gasteiger partial charge in [0.1, 0.15) is 12.3 Å². The first-order chi connectivity index (χ1) is 9.29. The van der Waals surface area contributed by atoms with Gasteiger partial charge < -0.3 is 13.9 Å². The number of carbonyl (C=O) groups excluding carboxylic acids is 1. The van der Waals surface area contributed by atoms with Crippen LogP contribution in [0.25, 0.3) is 5.65 Å². The van der Waals surface area contributed by atoms with Crippen LogP contribution in [0.2, 0.25) is 0 Å². The Morgan fingerprint density at radius 1 is 1.37 bits per heavy atom. The Labute approximate surface area is 113 Å². The fourth-order valence-electron chi connectivity index (χ4n) is 1.50. The maximum Gasteiger partial charge on any atom is 0.332 e. The molecule has 19 heavy (non-hydrogen) atoms. The average Bonchev–Trinajstić information content (AvgIpc) is 2.84. The summed E-state index contributed by atoms with van der Waals surface area (Å²) in [6.45, 7) is 6.40. The second kappa shape index (κ2) is 8.26. The molecule has 0 fully saturated rings. The van der Waals surface area contributed by atoms with E-state index in [4.69, 9.17) is 9.47 Å². The molecule has 2 rings (SSSR count). The molecule has 0 radical (unpaired) electrons. The fourth-order valence-corrected chi connectivity index (χ4v) is 1.50. The summed E-state index contributed by atoms with van der Waals surface area (Å²) in [5.74, 6) is -0.351. The third-order valence-electron chi connectivity index (χ3n) is 2.19. The van der Waals surface area contributed by atoms with Crippen molar-refractivity contribution < 1.29 is 14.3 Å². The Morgan fingerprint density at radius 3 is 2.84 bits per heavy atom. The molecule has 104 valence electrons. The minimum atomic E-state index is -0.351. The number of imidazole rings is 1. The SMILES string of the molecule is CC.CCOC(=O)COCc1cn2ccccc2n1. The Balaban J connectivity index is 0.000000861. The zero-order valence-electron chi connectivity index (χ0n) is 11.6. The van der Waals surface area contributed by atoms with E-state index in [2.05, 4.69) is 4.98 Å². The molecule has 0 N–H and O–H groups in total. The molecule has 0 spiro atoms. The lowest BCUT2D eigenvalue weighted by Crippen LogP contribution is -2.12. The molecule has 0 aromatic carbocycles. The summed E-state index contributed by atoms with van der Waals surface area (Å²) in [6.07, 6.45) is 3.79. The third-order valence-corrected chi connectivity index (χ3v) is 2.19. The molecule has 0 saturated carbocycles. The van der Waals surface area contributed by atoms with Crippen LogP contribution in [0.4, 0.5) is 0 Å². The monoisotopic (exact) mass is 264 g/mol. The summed E-state index contributed by atoms with van der Waals surface area (Å²) in [7, 11) is 0. The molecular weight excluding hydrogens is 244 g/mol. The number of esters is 1. The van der Waals surface area contributed by atoms with Gasteiger partial charge in [-0.05, 0) is 19.1 Å². The van der Waals surface area contributed by atoms with Crippen molar-refractivity contribution in [3.63, 3.8) is 0 Å². The summed E-state index contributed by atoms with van der Waals surface area (Å²) in [4.78, 5) is 15.4. The fraction of sp³-hybridized carbons (Fsp3) is 0.429. The highest BCUT2D eigenvalue weighted by atomic mass is 16.6. The standard InChI is InChI=1S/C12H14N2O3.C2H6/c1-2-17-12(15)9-16-8-10-7-14-6-4-3-5-11(14)13-10;1-2/h3-7H,2,8-9H2,1H3;1-2H3. The molecule has 0 bridgehead atoms. The van der Waals surface area contributed by atoms with Gasteiger partial charge >= 0.3 is 5.97 Å². The lowest BCUT2D eigenvalue weighted by molar-refractivity contribution is -0.148. The van der Waals surface area contributed by atoms with Gasteiger partial charge in [0.05, 0.1) is 18.9 Å². The summed E-state index contributed by atoms with van der Waals surface area (Å²) < 4.78 is 11.9. The van der Waals surface area contributed by atoms with E-state index in [1.54, 1.807) is 6.92 Å². The van der Waals surface area contributed by atoms with Crippen LogP contribution in [0.5, 0.6) is 0 Å². The van der Waals surface area contributed by atoms with Gasteiger partial charge in [0.2, 0.25) is 0 Å². The van der Waals surface area contributed by atoms with Crippen molar-refractivity contribution in [1.29, 1.82) is 0 Å². The van der Waals surface area contributed by atoms with Gasteiger partial charge in [-0.1, -0.05) is 19.9 Å². The molecule has 2 aromatic heterocycles. The van der Waals surface area contributed by atoms with Crippen LogP contribution in [0.1, 0.15) is 26.5 Å². The Bertz CT molecular complexity index is 475. The number of carbonyl (C=O) groups is 1. The van der Waals surface area contributed by atoms with E-state index < -0.39 is 0 Å². The second-order valence-electron chi connectivity index (χ2n) is 3.50. The molecule has 5 heteroatoms. The molecule has 0 amide bonds. The highest BCUT2D eigenvalue weighted by Crippen LogP contribution is 2.05. The van der Waals surface area contributed by atoms with Crippen molar-refractivity contribution >= 4 is 11.6 Å². The van der Waals surface area contributed by atoms with E-state index in [-0.39, 0.29) is 12.6 Å². The van der Waals surface area contributed by atoms with Crippen LogP contribution in [0.3, 0.4) is 0 Å². The maximum absolute atomic E-state index is 11.0. The number of nitrogens with zero attached hydrogens (tertiary/aromatic N) is 2. The summed E-state index contributed by atoms with van der Waals surface area (Å²) in [6, 6.07) is 5.76. The van der Waals surface area contributed by atoms with Gasteiger partial charge in [-0.15, -0.1) is 0 Å². The van der Waals surface area contributed by atoms with Gasteiger partial charge in [-0.2, -0.15) is 0 Å². The van der Waals surface area contributed by atoms with E-state index in [0.29, 0.717) is 13.2 Å². The normalized spacial score (nSPS) is 9.84. The number of fused-ring (bicyclic) bond motifs is 1. The average molecular weight is 264 g/mol. The minimum absolute atomic E-state index is 0.0400. The molecule has 0 aliphatic carbocycles. The molecule has 0 aliphatic heterocycles. The molecule has 0 atom stereocenters. The highest BCUT2D eigenvalue weighted by Gasteiger charge is 2.04. The number of hydrogen-bond acceptors (Lipinski definition) is 4. The first-order valence-electron chi connectivity index (χ1n) is 6.45. The predicted octanol–water partition coefficient (Wildman–Crippen LogP) is 2.44. The van der Waals surface area contributed by atoms with Crippen molar-refractivity contribution in [2.24, 2.45) is 0 Å². The highest BCUT2D eigenvalue weighted by molar-refractivity contribution is 5.70. The van der Waals surface area contributed by atoms with Crippen molar-refractivity contribution in [3.8, 4) is 0 Å². The zero-order chi connectivity index (χ0) is 14.1. The lowest BCUT2D eigenvalue weighted by Gasteiger charge is -2.01. The van der Waals surface area contributed by atoms with Crippen LogP contribution in [0.15, 0.2) is 30.6 Å². The number of hydrogen-bond donors (Lipinski definition) is 0. The molecule has 5 nitrogen and oxygen atoms in total. The summed E-state index contributed by atoms with van der Waals surface area (Å²) in [5, 5.41) is 0. The Kier molecular flexibility index (Phi) is 6.60. The van der Waals surface area contributed by atoms with Gasteiger partial charge in [-0.3, -0.25) is 0 Å². The predicted molar refractivity (Wildman–Crippen MR) is 72.8 cm³/mol. The smallest absolute Gasteiger partial charge is 0.332 e. The summed E-state index contributed by atoms with van der Waals surface area (Å²) >= 11 is 0. The van der Waals surface area contributed by atoms with Crippen LogP contribution in [-0.2, 0) is 20.9 Å². The molecule has 2 aromatic rings. The van der Waals surface area contributed by atoms with Crippen molar-refractivity contribution in [3.05, 3.63) is 36.3 Å².